The van der Waals surface area contributed by atoms with E-state index < -0.39 is 5.79 Å². The van der Waals surface area contributed by atoms with Gasteiger partial charge in [-0.1, -0.05) is 48.5 Å². The van der Waals surface area contributed by atoms with Crippen molar-refractivity contribution < 1.29 is 14.3 Å². The lowest BCUT2D eigenvalue weighted by Gasteiger charge is -2.32. The maximum absolute atomic E-state index is 13.2. The number of hydrogen-bond acceptors (Lipinski definition) is 3. The van der Waals surface area contributed by atoms with Gasteiger partial charge in [0.15, 0.2) is 0 Å². The summed E-state index contributed by atoms with van der Waals surface area (Å²) in [6.45, 7) is 3.75. The molecule has 2 aliphatic heterocycles. The Hall–Kier alpha value is -2.17. The first kappa shape index (κ1) is 15.4. The SMILES string of the molecule is Cc1cccc2c1N(CCc1ccccc1)C(=O)C21OCCCO1. The lowest BCUT2D eigenvalue weighted by atomic mass is 10.0. The number of carbonyl (C=O) groups excluding carboxylic acids is 1. The first-order valence-electron chi connectivity index (χ1n) is 8.46. The third kappa shape index (κ3) is 2.34. The highest BCUT2D eigenvalue weighted by Crippen LogP contribution is 2.46. The lowest BCUT2D eigenvalue weighted by molar-refractivity contribution is -0.256. The Bertz CT molecular complexity index is 751. The second kappa shape index (κ2) is 6.04. The van der Waals surface area contributed by atoms with Gasteiger partial charge in [0.2, 0.25) is 0 Å². The first-order valence-corrected chi connectivity index (χ1v) is 8.46. The Morgan fingerprint density at radius 1 is 1.04 bits per heavy atom. The average molecular weight is 323 g/mol. The van der Waals surface area contributed by atoms with Crippen LogP contribution in [0.15, 0.2) is 48.5 Å². The summed E-state index contributed by atoms with van der Waals surface area (Å²) in [7, 11) is 0. The van der Waals surface area contributed by atoms with Crippen molar-refractivity contribution in [2.45, 2.75) is 25.6 Å². The number of rotatable bonds is 3. The fraction of sp³-hybridized carbons (Fsp3) is 0.350. The summed E-state index contributed by atoms with van der Waals surface area (Å²) in [5.41, 5.74) is 4.08. The summed E-state index contributed by atoms with van der Waals surface area (Å²) >= 11 is 0. The van der Waals surface area contributed by atoms with Crippen molar-refractivity contribution in [1.29, 1.82) is 0 Å². The minimum Gasteiger partial charge on any atom is -0.338 e. The van der Waals surface area contributed by atoms with Crippen LogP contribution in [0.5, 0.6) is 0 Å². The highest BCUT2D eigenvalue weighted by molar-refractivity contribution is 6.06. The largest absolute Gasteiger partial charge is 0.338 e. The molecule has 4 rings (SSSR count). The summed E-state index contributed by atoms with van der Waals surface area (Å²) < 4.78 is 11.8. The Morgan fingerprint density at radius 2 is 1.79 bits per heavy atom. The molecule has 2 heterocycles. The molecule has 2 aromatic carbocycles. The van der Waals surface area contributed by atoms with Gasteiger partial charge in [0.25, 0.3) is 11.7 Å². The molecule has 2 aromatic rings. The summed E-state index contributed by atoms with van der Waals surface area (Å²) in [6, 6.07) is 16.2. The van der Waals surface area contributed by atoms with Gasteiger partial charge in [0.1, 0.15) is 0 Å². The predicted octanol–water partition coefficient (Wildman–Crippen LogP) is 3.17. The van der Waals surface area contributed by atoms with E-state index in [0.29, 0.717) is 19.8 Å². The molecule has 0 atom stereocenters. The molecule has 0 unspecified atom stereocenters. The highest BCUT2D eigenvalue weighted by Gasteiger charge is 2.55. The topological polar surface area (TPSA) is 38.8 Å². The second-order valence-corrected chi connectivity index (χ2v) is 6.33. The second-order valence-electron chi connectivity index (χ2n) is 6.33. The number of fused-ring (bicyclic) bond motifs is 2. The molecule has 0 aliphatic carbocycles. The molecule has 4 nitrogen and oxygen atoms in total. The molecule has 24 heavy (non-hydrogen) atoms. The Labute approximate surface area is 142 Å². The van der Waals surface area contributed by atoms with Gasteiger partial charge >= 0.3 is 0 Å². The van der Waals surface area contributed by atoms with Crippen LogP contribution in [0.1, 0.15) is 23.1 Å². The fourth-order valence-corrected chi connectivity index (χ4v) is 3.59. The summed E-state index contributed by atoms with van der Waals surface area (Å²) in [5.74, 6) is -1.33. The molecule has 1 amide bonds. The molecule has 1 fully saturated rings. The third-order valence-corrected chi connectivity index (χ3v) is 4.76. The van der Waals surface area contributed by atoms with Crippen molar-refractivity contribution in [3.63, 3.8) is 0 Å². The molecule has 0 bridgehead atoms. The summed E-state index contributed by atoms with van der Waals surface area (Å²) in [4.78, 5) is 15.0. The Kier molecular flexibility index (Phi) is 3.87. The zero-order valence-electron chi connectivity index (χ0n) is 13.8. The van der Waals surface area contributed by atoms with Gasteiger partial charge < -0.3 is 14.4 Å². The van der Waals surface area contributed by atoms with Crippen molar-refractivity contribution in [3.8, 4) is 0 Å². The van der Waals surface area contributed by atoms with Crippen molar-refractivity contribution in [1.82, 2.24) is 0 Å². The highest BCUT2D eigenvalue weighted by atomic mass is 16.7. The molecule has 0 N–H and O–H groups in total. The zero-order chi connectivity index (χ0) is 16.6. The van der Waals surface area contributed by atoms with Gasteiger partial charge in [-0.2, -0.15) is 0 Å². The van der Waals surface area contributed by atoms with Crippen LogP contribution in [0.4, 0.5) is 5.69 Å². The molecule has 0 radical (unpaired) electrons. The first-order chi connectivity index (χ1) is 11.7. The van der Waals surface area contributed by atoms with Crippen molar-refractivity contribution in [2.75, 3.05) is 24.7 Å². The zero-order valence-corrected chi connectivity index (χ0v) is 13.8. The van der Waals surface area contributed by atoms with Gasteiger partial charge in [0.05, 0.1) is 18.9 Å². The molecule has 4 heteroatoms. The van der Waals surface area contributed by atoms with Crippen LogP contribution in [-0.4, -0.2) is 25.7 Å². The third-order valence-electron chi connectivity index (χ3n) is 4.76. The van der Waals surface area contributed by atoms with Crippen LogP contribution in [0.25, 0.3) is 0 Å². The van der Waals surface area contributed by atoms with E-state index in [-0.39, 0.29) is 5.91 Å². The van der Waals surface area contributed by atoms with Crippen molar-refractivity contribution >= 4 is 11.6 Å². The number of para-hydroxylation sites is 1. The fourth-order valence-electron chi connectivity index (χ4n) is 3.59. The maximum atomic E-state index is 13.2. The number of ether oxygens (including phenoxy) is 2. The number of carbonyl (C=O) groups is 1. The minimum atomic E-state index is -1.24. The Balaban J connectivity index is 1.69. The van der Waals surface area contributed by atoms with E-state index in [9.17, 15) is 4.79 Å². The van der Waals surface area contributed by atoms with E-state index >= 15 is 0 Å². The molecule has 124 valence electrons. The van der Waals surface area contributed by atoms with Crippen LogP contribution in [0, 0.1) is 6.92 Å². The van der Waals surface area contributed by atoms with Crippen LogP contribution in [-0.2, 0) is 26.5 Å². The van der Waals surface area contributed by atoms with E-state index in [1.165, 1.54) is 5.56 Å². The number of aryl methyl sites for hydroxylation is 1. The van der Waals surface area contributed by atoms with Crippen LogP contribution in [0.3, 0.4) is 0 Å². The van der Waals surface area contributed by atoms with E-state index in [4.69, 9.17) is 9.47 Å². The Morgan fingerprint density at radius 3 is 2.54 bits per heavy atom. The molecule has 2 aliphatic rings. The number of anilines is 1. The standard InChI is InChI=1S/C20H21NO3/c1-15-7-5-10-17-18(15)21(12-11-16-8-3-2-4-9-16)19(22)20(17)23-13-6-14-24-20/h2-5,7-10H,6,11-14H2,1H3. The minimum absolute atomic E-state index is 0.0950. The maximum Gasteiger partial charge on any atom is 0.292 e. The van der Waals surface area contributed by atoms with Crippen LogP contribution in [0.2, 0.25) is 0 Å². The van der Waals surface area contributed by atoms with Gasteiger partial charge in [-0.3, -0.25) is 4.79 Å². The van der Waals surface area contributed by atoms with E-state index in [2.05, 4.69) is 12.1 Å². The van der Waals surface area contributed by atoms with Gasteiger partial charge in [-0.05, 0) is 30.9 Å². The van der Waals surface area contributed by atoms with Crippen molar-refractivity contribution in [2.24, 2.45) is 0 Å². The van der Waals surface area contributed by atoms with Crippen LogP contribution < -0.4 is 4.90 Å². The van der Waals surface area contributed by atoms with E-state index in [1.807, 2.05) is 48.2 Å². The van der Waals surface area contributed by atoms with Crippen LogP contribution >= 0.6 is 0 Å². The molecule has 1 spiro atoms. The molecular formula is C20H21NO3. The smallest absolute Gasteiger partial charge is 0.292 e. The summed E-state index contributed by atoms with van der Waals surface area (Å²) in [6.07, 6.45) is 1.62. The van der Waals surface area contributed by atoms with Gasteiger partial charge in [-0.15, -0.1) is 0 Å². The predicted molar refractivity (Wildman–Crippen MR) is 91.9 cm³/mol. The quantitative estimate of drug-likeness (QED) is 0.871. The van der Waals surface area contributed by atoms with E-state index in [0.717, 1.165) is 29.7 Å². The monoisotopic (exact) mass is 323 g/mol. The molecular weight excluding hydrogens is 302 g/mol. The molecule has 0 aromatic heterocycles. The molecule has 1 saturated heterocycles. The normalized spacial score (nSPS) is 18.9. The van der Waals surface area contributed by atoms with E-state index in [1.54, 1.807) is 0 Å². The van der Waals surface area contributed by atoms with Crippen molar-refractivity contribution in [3.05, 3.63) is 65.2 Å². The number of amides is 1. The molecule has 0 saturated carbocycles. The van der Waals surface area contributed by atoms with Gasteiger partial charge in [-0.25, -0.2) is 0 Å². The number of hydrogen-bond donors (Lipinski definition) is 0. The summed E-state index contributed by atoms with van der Waals surface area (Å²) in [5, 5.41) is 0. The number of benzene rings is 2. The van der Waals surface area contributed by atoms with Gasteiger partial charge in [0, 0.05) is 12.1 Å². The average Bonchev–Trinajstić information content (AvgIpc) is 2.85. The lowest BCUT2D eigenvalue weighted by Crippen LogP contribution is -2.47. The number of nitrogens with zero attached hydrogens (tertiary/aromatic N) is 1.